The Labute approximate surface area is 115 Å². The van der Waals surface area contributed by atoms with E-state index in [1.165, 1.54) is 19.3 Å². The summed E-state index contributed by atoms with van der Waals surface area (Å²) < 4.78 is 0. The van der Waals surface area contributed by atoms with Gasteiger partial charge in [-0.25, -0.2) is 0 Å². The van der Waals surface area contributed by atoms with Gasteiger partial charge in [0.2, 0.25) is 0 Å². The van der Waals surface area contributed by atoms with E-state index < -0.39 is 0 Å². The van der Waals surface area contributed by atoms with Crippen LogP contribution in [0.15, 0.2) is 18.2 Å². The van der Waals surface area contributed by atoms with Crippen molar-refractivity contribution in [1.82, 2.24) is 4.90 Å². The molecule has 1 unspecified atom stereocenters. The second kappa shape index (κ2) is 5.10. The molecule has 0 aliphatic heterocycles. The van der Waals surface area contributed by atoms with Crippen molar-refractivity contribution in [3.63, 3.8) is 0 Å². The van der Waals surface area contributed by atoms with Gasteiger partial charge < -0.3 is 5.11 Å². The Balaban J connectivity index is 2.04. The van der Waals surface area contributed by atoms with E-state index >= 15 is 0 Å². The molecule has 1 aromatic rings. The highest BCUT2D eigenvalue weighted by atomic mass is 35.5. The van der Waals surface area contributed by atoms with E-state index in [0.717, 1.165) is 12.1 Å². The molecule has 100 valence electrons. The van der Waals surface area contributed by atoms with Gasteiger partial charge in [0.15, 0.2) is 0 Å². The van der Waals surface area contributed by atoms with Crippen molar-refractivity contribution in [1.29, 1.82) is 0 Å². The number of halogens is 1. The predicted molar refractivity (Wildman–Crippen MR) is 76.0 cm³/mol. The molecule has 0 aromatic heterocycles. The van der Waals surface area contributed by atoms with Crippen molar-refractivity contribution < 1.29 is 5.11 Å². The van der Waals surface area contributed by atoms with Crippen LogP contribution in [0.2, 0.25) is 5.02 Å². The molecule has 18 heavy (non-hydrogen) atoms. The molecule has 0 saturated heterocycles. The van der Waals surface area contributed by atoms with Gasteiger partial charge in [-0.15, -0.1) is 0 Å². The fraction of sp³-hybridized carbons (Fsp3) is 0.600. The summed E-state index contributed by atoms with van der Waals surface area (Å²) in [5.41, 5.74) is 1.46. The van der Waals surface area contributed by atoms with Crippen LogP contribution in [0.3, 0.4) is 0 Å². The Morgan fingerprint density at radius 2 is 2.17 bits per heavy atom. The van der Waals surface area contributed by atoms with Gasteiger partial charge in [-0.2, -0.15) is 0 Å². The highest BCUT2D eigenvalue weighted by molar-refractivity contribution is 6.32. The Bertz CT molecular complexity index is 431. The Kier molecular flexibility index (Phi) is 3.88. The lowest BCUT2D eigenvalue weighted by Crippen LogP contribution is -2.29. The number of benzene rings is 1. The summed E-state index contributed by atoms with van der Waals surface area (Å²) in [5.74, 6) is 0.175. The molecule has 1 atom stereocenters. The molecule has 1 N–H and O–H groups in total. The van der Waals surface area contributed by atoms with Crippen molar-refractivity contribution in [2.24, 2.45) is 5.41 Å². The van der Waals surface area contributed by atoms with Crippen LogP contribution < -0.4 is 0 Å². The van der Waals surface area contributed by atoms with Crippen molar-refractivity contribution >= 4 is 11.6 Å². The standard InChI is InChI=1S/C15H22ClNO/c1-15(2)8-7-12(9-15)17(3)10-11-5-4-6-13(18)14(11)16/h4-6,12,18H,7-10H2,1-3H3. The third-order valence-electron chi connectivity index (χ3n) is 4.04. The minimum atomic E-state index is 0.175. The van der Waals surface area contributed by atoms with Crippen molar-refractivity contribution in [2.45, 2.75) is 45.7 Å². The van der Waals surface area contributed by atoms with Gasteiger partial charge in [-0.3, -0.25) is 4.90 Å². The smallest absolute Gasteiger partial charge is 0.134 e. The molecule has 0 amide bonds. The minimum Gasteiger partial charge on any atom is -0.506 e. The zero-order chi connectivity index (χ0) is 13.3. The van der Waals surface area contributed by atoms with Crippen LogP contribution in [0.1, 0.15) is 38.7 Å². The van der Waals surface area contributed by atoms with E-state index in [1.807, 2.05) is 12.1 Å². The highest BCUT2D eigenvalue weighted by Crippen LogP contribution is 2.39. The van der Waals surface area contributed by atoms with Gasteiger partial charge in [0.05, 0.1) is 5.02 Å². The second-order valence-corrected chi connectivity index (χ2v) is 6.60. The maximum absolute atomic E-state index is 9.61. The van der Waals surface area contributed by atoms with E-state index in [-0.39, 0.29) is 5.75 Å². The number of rotatable bonds is 3. The summed E-state index contributed by atoms with van der Waals surface area (Å²) in [6.45, 7) is 5.47. The maximum atomic E-state index is 9.61. The molecule has 2 rings (SSSR count). The van der Waals surface area contributed by atoms with Crippen LogP contribution in [0.25, 0.3) is 0 Å². The van der Waals surface area contributed by atoms with Crippen molar-refractivity contribution in [3.05, 3.63) is 28.8 Å². The molecule has 1 aliphatic carbocycles. The van der Waals surface area contributed by atoms with E-state index in [4.69, 9.17) is 11.6 Å². The number of nitrogens with zero attached hydrogens (tertiary/aromatic N) is 1. The van der Waals surface area contributed by atoms with Gasteiger partial charge in [0.25, 0.3) is 0 Å². The minimum absolute atomic E-state index is 0.175. The summed E-state index contributed by atoms with van der Waals surface area (Å²) in [7, 11) is 2.15. The highest BCUT2D eigenvalue weighted by Gasteiger charge is 2.33. The number of hydrogen-bond donors (Lipinski definition) is 1. The SMILES string of the molecule is CN(Cc1cccc(O)c1Cl)C1CCC(C)(C)C1. The lowest BCUT2D eigenvalue weighted by atomic mass is 9.91. The average Bonchev–Trinajstić information content (AvgIpc) is 2.65. The van der Waals surface area contributed by atoms with E-state index in [1.54, 1.807) is 6.07 Å². The molecule has 1 saturated carbocycles. The number of hydrogen-bond acceptors (Lipinski definition) is 2. The second-order valence-electron chi connectivity index (χ2n) is 6.23. The predicted octanol–water partition coefficient (Wildman–Crippen LogP) is 4.06. The van der Waals surface area contributed by atoms with E-state index in [0.29, 0.717) is 16.5 Å². The van der Waals surface area contributed by atoms with Crippen LogP contribution in [0.4, 0.5) is 0 Å². The summed E-state index contributed by atoms with van der Waals surface area (Å²) in [4.78, 5) is 2.36. The Morgan fingerprint density at radius 1 is 1.44 bits per heavy atom. The zero-order valence-corrected chi connectivity index (χ0v) is 12.2. The molecule has 1 aromatic carbocycles. The van der Waals surface area contributed by atoms with Gasteiger partial charge in [-0.05, 0) is 43.4 Å². The first-order chi connectivity index (χ1) is 8.39. The van der Waals surface area contributed by atoms with Gasteiger partial charge in [-0.1, -0.05) is 37.6 Å². The Hall–Kier alpha value is -0.730. The largest absolute Gasteiger partial charge is 0.506 e. The van der Waals surface area contributed by atoms with Crippen LogP contribution >= 0.6 is 11.6 Å². The topological polar surface area (TPSA) is 23.5 Å². The Morgan fingerprint density at radius 3 is 2.78 bits per heavy atom. The third kappa shape index (κ3) is 2.99. The van der Waals surface area contributed by atoms with E-state index in [9.17, 15) is 5.11 Å². The van der Waals surface area contributed by atoms with Gasteiger partial charge in [0.1, 0.15) is 5.75 Å². The lowest BCUT2D eigenvalue weighted by Gasteiger charge is -2.26. The fourth-order valence-corrected chi connectivity index (χ4v) is 3.05. The monoisotopic (exact) mass is 267 g/mol. The lowest BCUT2D eigenvalue weighted by molar-refractivity contribution is 0.220. The van der Waals surface area contributed by atoms with E-state index in [2.05, 4.69) is 25.8 Å². The number of aromatic hydroxyl groups is 1. The molecule has 1 fully saturated rings. The number of phenols is 1. The molecule has 2 nitrogen and oxygen atoms in total. The molecule has 0 heterocycles. The van der Waals surface area contributed by atoms with Crippen LogP contribution in [0.5, 0.6) is 5.75 Å². The maximum Gasteiger partial charge on any atom is 0.134 e. The first-order valence-corrected chi connectivity index (χ1v) is 6.93. The summed E-state index contributed by atoms with van der Waals surface area (Å²) >= 11 is 6.12. The van der Waals surface area contributed by atoms with Crippen LogP contribution in [-0.2, 0) is 6.54 Å². The van der Waals surface area contributed by atoms with Gasteiger partial charge >= 0.3 is 0 Å². The quantitative estimate of drug-likeness (QED) is 0.893. The molecular weight excluding hydrogens is 246 g/mol. The molecular formula is C15H22ClNO. The van der Waals surface area contributed by atoms with Crippen LogP contribution in [0, 0.1) is 5.41 Å². The van der Waals surface area contributed by atoms with Crippen molar-refractivity contribution in [2.75, 3.05) is 7.05 Å². The molecule has 1 aliphatic rings. The average molecular weight is 268 g/mol. The van der Waals surface area contributed by atoms with Crippen LogP contribution in [-0.4, -0.2) is 23.1 Å². The number of phenolic OH excluding ortho intramolecular Hbond substituents is 1. The summed E-state index contributed by atoms with van der Waals surface area (Å²) in [5, 5.41) is 10.1. The third-order valence-corrected chi connectivity index (χ3v) is 4.48. The summed E-state index contributed by atoms with van der Waals surface area (Å²) in [6, 6.07) is 6.09. The van der Waals surface area contributed by atoms with Crippen molar-refractivity contribution in [3.8, 4) is 5.75 Å². The fourth-order valence-electron chi connectivity index (χ4n) is 2.86. The zero-order valence-electron chi connectivity index (χ0n) is 11.4. The molecule has 0 spiro atoms. The summed E-state index contributed by atoms with van der Waals surface area (Å²) in [6.07, 6.45) is 3.77. The first-order valence-electron chi connectivity index (χ1n) is 6.56. The molecule has 0 radical (unpaired) electrons. The molecule has 0 bridgehead atoms. The van der Waals surface area contributed by atoms with Gasteiger partial charge in [0, 0.05) is 12.6 Å². The molecule has 3 heteroatoms. The first kappa shape index (κ1) is 13.7. The normalized spacial score (nSPS) is 22.6.